The van der Waals surface area contributed by atoms with Gasteiger partial charge in [0.05, 0.1) is 0 Å². The van der Waals surface area contributed by atoms with Crippen LogP contribution in [0.3, 0.4) is 0 Å². The number of carbonyl (C=O) groups is 3. The van der Waals surface area contributed by atoms with Crippen molar-refractivity contribution < 1.29 is 28.6 Å². The normalized spacial score (nSPS) is 13.1. The van der Waals surface area contributed by atoms with Crippen molar-refractivity contribution in [3.63, 3.8) is 0 Å². The van der Waals surface area contributed by atoms with Crippen molar-refractivity contribution >= 4 is 17.9 Å². The molecule has 0 aliphatic carbocycles. The lowest BCUT2D eigenvalue weighted by atomic mass is 9.99. The molecule has 314 valence electrons. The molecule has 0 aromatic carbocycles. The van der Waals surface area contributed by atoms with Gasteiger partial charge in [-0.25, -0.2) is 0 Å². The van der Waals surface area contributed by atoms with Crippen LogP contribution < -0.4 is 0 Å². The molecule has 0 heterocycles. The highest BCUT2D eigenvalue weighted by Gasteiger charge is 2.19. The Bertz CT molecular complexity index is 813. The average molecular weight is 751 g/mol. The molecule has 0 amide bonds. The number of ether oxygens (including phenoxy) is 3. The number of esters is 3. The number of carbonyl (C=O) groups excluding carboxylic acids is 3. The fraction of sp³-hybridized carbons (Fsp3) is 0.936. The Balaban J connectivity index is 4.28. The van der Waals surface area contributed by atoms with Gasteiger partial charge in [-0.15, -0.1) is 0 Å². The minimum absolute atomic E-state index is 0.0652. The third kappa shape index (κ3) is 38.5. The van der Waals surface area contributed by atoms with Crippen LogP contribution in [0.1, 0.15) is 253 Å². The van der Waals surface area contributed by atoms with E-state index in [2.05, 4.69) is 34.6 Å². The van der Waals surface area contributed by atoms with Gasteiger partial charge >= 0.3 is 17.9 Å². The maximum atomic E-state index is 12.7. The van der Waals surface area contributed by atoms with Gasteiger partial charge in [0.15, 0.2) is 6.10 Å². The summed E-state index contributed by atoms with van der Waals surface area (Å²) in [7, 11) is 0. The van der Waals surface area contributed by atoms with Crippen LogP contribution in [0, 0.1) is 11.8 Å². The molecule has 53 heavy (non-hydrogen) atoms. The molecule has 6 heteroatoms. The van der Waals surface area contributed by atoms with Gasteiger partial charge < -0.3 is 14.2 Å². The van der Waals surface area contributed by atoms with Crippen molar-refractivity contribution in [1.82, 2.24) is 0 Å². The van der Waals surface area contributed by atoms with Gasteiger partial charge in [-0.3, -0.25) is 14.4 Å². The smallest absolute Gasteiger partial charge is 0.306 e. The first-order chi connectivity index (χ1) is 25.8. The quantitative estimate of drug-likeness (QED) is 0.0352. The predicted octanol–water partition coefficient (Wildman–Crippen LogP) is 14.6. The highest BCUT2D eigenvalue weighted by Crippen LogP contribution is 2.18. The molecule has 0 aliphatic rings. The first-order valence-electron chi connectivity index (χ1n) is 23.3. The van der Waals surface area contributed by atoms with Gasteiger partial charge in [0.1, 0.15) is 13.2 Å². The Morgan fingerprint density at radius 1 is 0.377 bits per heavy atom. The summed E-state index contributed by atoms with van der Waals surface area (Å²) in [6, 6.07) is 0. The maximum Gasteiger partial charge on any atom is 0.306 e. The van der Waals surface area contributed by atoms with Crippen molar-refractivity contribution in [1.29, 1.82) is 0 Å². The summed E-state index contributed by atoms with van der Waals surface area (Å²) >= 11 is 0. The molecule has 0 N–H and O–H groups in total. The van der Waals surface area contributed by atoms with Crippen molar-refractivity contribution in [2.45, 2.75) is 259 Å². The van der Waals surface area contributed by atoms with Crippen molar-refractivity contribution in [2.24, 2.45) is 11.8 Å². The van der Waals surface area contributed by atoms with Crippen LogP contribution in [0.2, 0.25) is 0 Å². The van der Waals surface area contributed by atoms with Crippen LogP contribution >= 0.6 is 0 Å². The second-order valence-electron chi connectivity index (χ2n) is 16.5. The summed E-state index contributed by atoms with van der Waals surface area (Å²) in [5.41, 5.74) is 0. The van der Waals surface area contributed by atoms with Crippen LogP contribution in [0.5, 0.6) is 0 Å². The van der Waals surface area contributed by atoms with Gasteiger partial charge in [-0.1, -0.05) is 214 Å². The molecule has 0 rings (SSSR count). The van der Waals surface area contributed by atoms with E-state index in [1.807, 2.05) is 0 Å². The summed E-state index contributed by atoms with van der Waals surface area (Å²) in [5.74, 6) is 0.875. The summed E-state index contributed by atoms with van der Waals surface area (Å²) in [6.45, 7) is 11.4. The van der Waals surface area contributed by atoms with Gasteiger partial charge in [-0.2, -0.15) is 0 Å². The molecule has 0 radical (unpaired) electrons. The standard InChI is InChI=1S/C47H90O6/c1-6-9-10-11-20-27-32-37-45(48)51-40-44(53-47(50)39-34-29-24-19-15-13-17-22-26-31-36-43(5)8-3)41-52-46(49)38-33-28-23-18-14-12-16-21-25-30-35-42(4)7-2/h42-44H,6-41H2,1-5H3/t42?,43?,44-/m0/s1. The Labute approximate surface area is 329 Å². The second-order valence-corrected chi connectivity index (χ2v) is 16.5. The topological polar surface area (TPSA) is 78.9 Å². The number of unbranched alkanes of at least 4 members (excludes halogenated alkanes) is 24. The molecular weight excluding hydrogens is 661 g/mol. The van der Waals surface area contributed by atoms with Gasteiger partial charge in [0.25, 0.3) is 0 Å². The Hall–Kier alpha value is -1.59. The van der Waals surface area contributed by atoms with Crippen molar-refractivity contribution in [3.05, 3.63) is 0 Å². The molecule has 0 aliphatic heterocycles. The highest BCUT2D eigenvalue weighted by molar-refractivity contribution is 5.71. The largest absolute Gasteiger partial charge is 0.462 e. The Morgan fingerprint density at radius 2 is 0.660 bits per heavy atom. The van der Waals surface area contributed by atoms with E-state index in [4.69, 9.17) is 14.2 Å². The maximum absolute atomic E-state index is 12.7. The molecule has 6 nitrogen and oxygen atoms in total. The number of hydrogen-bond acceptors (Lipinski definition) is 6. The van der Waals surface area contributed by atoms with E-state index in [1.165, 1.54) is 141 Å². The molecule has 0 aromatic rings. The monoisotopic (exact) mass is 751 g/mol. The molecule has 0 saturated heterocycles. The average Bonchev–Trinajstić information content (AvgIpc) is 3.15. The van der Waals surface area contributed by atoms with Crippen LogP contribution in [0.4, 0.5) is 0 Å². The first-order valence-corrected chi connectivity index (χ1v) is 23.3. The molecule has 0 saturated carbocycles. The lowest BCUT2D eigenvalue weighted by Gasteiger charge is -2.18. The van der Waals surface area contributed by atoms with E-state index < -0.39 is 6.10 Å². The molecule has 0 fully saturated rings. The highest BCUT2D eigenvalue weighted by atomic mass is 16.6. The van der Waals surface area contributed by atoms with E-state index in [9.17, 15) is 14.4 Å². The lowest BCUT2D eigenvalue weighted by Crippen LogP contribution is -2.30. The third-order valence-corrected chi connectivity index (χ3v) is 11.2. The molecule has 0 spiro atoms. The number of hydrogen-bond donors (Lipinski definition) is 0. The Kier molecular flexibility index (Phi) is 38.9. The number of rotatable bonds is 41. The molecule has 0 bridgehead atoms. The van der Waals surface area contributed by atoms with Gasteiger partial charge in [0.2, 0.25) is 0 Å². The van der Waals surface area contributed by atoms with Gasteiger partial charge in [0, 0.05) is 19.3 Å². The van der Waals surface area contributed by atoms with E-state index in [0.29, 0.717) is 19.3 Å². The third-order valence-electron chi connectivity index (χ3n) is 11.2. The van der Waals surface area contributed by atoms with Crippen LogP contribution in [0.25, 0.3) is 0 Å². The summed E-state index contributed by atoms with van der Waals surface area (Å²) in [4.78, 5) is 37.6. The zero-order chi connectivity index (χ0) is 39.0. The van der Waals surface area contributed by atoms with E-state index in [1.54, 1.807) is 0 Å². The molecule has 3 atom stereocenters. The van der Waals surface area contributed by atoms with Crippen LogP contribution in [-0.2, 0) is 28.6 Å². The van der Waals surface area contributed by atoms with Crippen LogP contribution in [-0.4, -0.2) is 37.2 Å². The summed E-state index contributed by atoms with van der Waals surface area (Å²) < 4.78 is 16.7. The van der Waals surface area contributed by atoms with Crippen molar-refractivity contribution in [3.8, 4) is 0 Å². The summed E-state index contributed by atoms with van der Waals surface area (Å²) in [5, 5.41) is 0. The molecule has 0 aromatic heterocycles. The zero-order valence-electron chi connectivity index (χ0n) is 36.1. The van der Waals surface area contributed by atoms with E-state index in [0.717, 1.165) is 69.6 Å². The summed E-state index contributed by atoms with van der Waals surface area (Å²) in [6.07, 6.45) is 38.0. The fourth-order valence-electron chi connectivity index (χ4n) is 6.86. The SMILES string of the molecule is CCCCCCCCCC(=O)OC[C@@H](COC(=O)CCCCCCCCCCCCC(C)CC)OC(=O)CCCCCCCCCCCCC(C)CC. The van der Waals surface area contributed by atoms with Crippen LogP contribution in [0.15, 0.2) is 0 Å². The Morgan fingerprint density at radius 3 is 0.981 bits per heavy atom. The van der Waals surface area contributed by atoms with E-state index >= 15 is 0 Å². The first kappa shape index (κ1) is 51.4. The second kappa shape index (κ2) is 40.1. The van der Waals surface area contributed by atoms with E-state index in [-0.39, 0.29) is 31.1 Å². The minimum Gasteiger partial charge on any atom is -0.462 e. The predicted molar refractivity (Wildman–Crippen MR) is 224 cm³/mol. The fourth-order valence-corrected chi connectivity index (χ4v) is 6.86. The zero-order valence-corrected chi connectivity index (χ0v) is 36.1. The lowest BCUT2D eigenvalue weighted by molar-refractivity contribution is -0.167. The van der Waals surface area contributed by atoms with Gasteiger partial charge in [-0.05, 0) is 31.1 Å². The molecule has 2 unspecified atom stereocenters. The molecular formula is C47H90O6. The van der Waals surface area contributed by atoms with Crippen molar-refractivity contribution in [2.75, 3.05) is 13.2 Å². The minimum atomic E-state index is -0.760.